The Morgan fingerprint density at radius 1 is 1.35 bits per heavy atom. The third-order valence-corrected chi connectivity index (χ3v) is 3.69. The summed E-state index contributed by atoms with van der Waals surface area (Å²) in [6.45, 7) is 3.98. The molecule has 0 amide bonds. The van der Waals surface area contributed by atoms with E-state index in [0.29, 0.717) is 12.2 Å². The van der Waals surface area contributed by atoms with Crippen LogP contribution in [0.3, 0.4) is 0 Å². The third kappa shape index (κ3) is 3.95. The van der Waals surface area contributed by atoms with Gasteiger partial charge in [-0.15, -0.1) is 0 Å². The van der Waals surface area contributed by atoms with Crippen molar-refractivity contribution in [3.05, 3.63) is 29.8 Å². The zero-order chi connectivity index (χ0) is 11.9. The number of nitrogens with zero attached hydrogens (tertiary/aromatic N) is 2. The smallest absolute Gasteiger partial charge is 0.120 e. The second-order valence-electron chi connectivity index (χ2n) is 3.94. The lowest BCUT2D eigenvalue weighted by atomic mass is 10.2. The summed E-state index contributed by atoms with van der Waals surface area (Å²) in [5, 5.41) is 8.78. The molecule has 0 N–H and O–H groups in total. The van der Waals surface area contributed by atoms with Crippen LogP contribution in [-0.2, 0) is 0 Å². The molecule has 4 heteroatoms. The second kappa shape index (κ2) is 6.53. The highest BCUT2D eigenvalue weighted by Crippen LogP contribution is 2.13. The van der Waals surface area contributed by atoms with E-state index < -0.39 is 0 Å². The Hall–Kier alpha value is -1.18. The van der Waals surface area contributed by atoms with E-state index in [2.05, 4.69) is 11.0 Å². The van der Waals surface area contributed by atoms with Crippen molar-refractivity contribution in [1.29, 1.82) is 5.26 Å². The fourth-order valence-electron chi connectivity index (χ4n) is 1.77. The van der Waals surface area contributed by atoms with Crippen molar-refractivity contribution in [1.82, 2.24) is 4.90 Å². The molecule has 1 aromatic rings. The van der Waals surface area contributed by atoms with Gasteiger partial charge in [-0.25, -0.2) is 0 Å². The van der Waals surface area contributed by atoms with Gasteiger partial charge < -0.3 is 4.74 Å². The molecule has 0 aromatic heterocycles. The second-order valence-corrected chi connectivity index (χ2v) is 5.17. The lowest BCUT2D eigenvalue weighted by Gasteiger charge is -2.25. The highest BCUT2D eigenvalue weighted by molar-refractivity contribution is 7.99. The molecule has 2 rings (SSSR count). The molecule has 1 fully saturated rings. The molecule has 17 heavy (non-hydrogen) atoms. The predicted molar refractivity (Wildman–Crippen MR) is 70.4 cm³/mol. The topological polar surface area (TPSA) is 36.3 Å². The Morgan fingerprint density at radius 3 is 2.94 bits per heavy atom. The van der Waals surface area contributed by atoms with Crippen LogP contribution in [0.1, 0.15) is 5.56 Å². The summed E-state index contributed by atoms with van der Waals surface area (Å²) in [6.07, 6.45) is 0. The first kappa shape index (κ1) is 12.3. The monoisotopic (exact) mass is 248 g/mol. The van der Waals surface area contributed by atoms with Gasteiger partial charge in [0, 0.05) is 31.1 Å². The van der Waals surface area contributed by atoms with Crippen LogP contribution in [0.5, 0.6) is 5.75 Å². The van der Waals surface area contributed by atoms with Crippen LogP contribution in [-0.4, -0.2) is 42.6 Å². The van der Waals surface area contributed by atoms with Gasteiger partial charge in [-0.1, -0.05) is 6.07 Å². The van der Waals surface area contributed by atoms with E-state index in [4.69, 9.17) is 10.00 Å². The normalized spacial score (nSPS) is 16.4. The molecule has 0 saturated carbocycles. The molecule has 1 heterocycles. The van der Waals surface area contributed by atoms with Gasteiger partial charge in [0.1, 0.15) is 12.4 Å². The molecule has 1 aromatic carbocycles. The summed E-state index contributed by atoms with van der Waals surface area (Å²) in [7, 11) is 0. The summed E-state index contributed by atoms with van der Waals surface area (Å²) in [4.78, 5) is 2.42. The molecule has 1 saturated heterocycles. The molecule has 1 aliphatic rings. The zero-order valence-electron chi connectivity index (χ0n) is 9.76. The molecular formula is C13H16N2OS. The zero-order valence-corrected chi connectivity index (χ0v) is 10.6. The van der Waals surface area contributed by atoms with Crippen LogP contribution in [0.25, 0.3) is 0 Å². The highest BCUT2D eigenvalue weighted by Gasteiger charge is 2.09. The minimum atomic E-state index is 0.650. The van der Waals surface area contributed by atoms with Gasteiger partial charge in [0.05, 0.1) is 11.6 Å². The first-order valence-corrected chi connectivity index (χ1v) is 6.97. The van der Waals surface area contributed by atoms with Gasteiger partial charge in [-0.05, 0) is 18.2 Å². The summed E-state index contributed by atoms with van der Waals surface area (Å²) < 4.78 is 5.65. The summed E-state index contributed by atoms with van der Waals surface area (Å²) >= 11 is 2.01. The molecule has 0 aliphatic carbocycles. The van der Waals surface area contributed by atoms with Crippen LogP contribution in [0, 0.1) is 11.3 Å². The Morgan fingerprint density at radius 2 is 2.18 bits per heavy atom. The Balaban J connectivity index is 1.75. The summed E-state index contributed by atoms with van der Waals surface area (Å²) in [5.74, 6) is 3.24. The number of benzene rings is 1. The molecule has 0 bridgehead atoms. The van der Waals surface area contributed by atoms with Gasteiger partial charge in [0.15, 0.2) is 0 Å². The molecule has 3 nitrogen and oxygen atoms in total. The minimum Gasteiger partial charge on any atom is -0.492 e. The third-order valence-electron chi connectivity index (χ3n) is 2.74. The Bertz CT molecular complexity index is 397. The van der Waals surface area contributed by atoms with E-state index in [0.717, 1.165) is 25.4 Å². The molecule has 0 radical (unpaired) electrons. The summed E-state index contributed by atoms with van der Waals surface area (Å²) in [6, 6.07) is 9.43. The number of rotatable bonds is 4. The van der Waals surface area contributed by atoms with Crippen molar-refractivity contribution in [2.24, 2.45) is 0 Å². The average Bonchev–Trinajstić information content (AvgIpc) is 2.40. The van der Waals surface area contributed by atoms with Gasteiger partial charge in [-0.3, -0.25) is 4.90 Å². The van der Waals surface area contributed by atoms with Gasteiger partial charge in [-0.2, -0.15) is 17.0 Å². The van der Waals surface area contributed by atoms with Crippen LogP contribution in [0.4, 0.5) is 0 Å². The molecule has 0 unspecified atom stereocenters. The maximum atomic E-state index is 8.78. The maximum Gasteiger partial charge on any atom is 0.120 e. The van der Waals surface area contributed by atoms with Crippen molar-refractivity contribution in [3.8, 4) is 11.8 Å². The van der Waals surface area contributed by atoms with Crippen molar-refractivity contribution in [2.75, 3.05) is 37.7 Å². The number of hydrogen-bond acceptors (Lipinski definition) is 4. The highest BCUT2D eigenvalue weighted by atomic mass is 32.2. The van der Waals surface area contributed by atoms with Gasteiger partial charge >= 0.3 is 0 Å². The SMILES string of the molecule is N#Cc1cccc(OCCN2CCSCC2)c1. The van der Waals surface area contributed by atoms with Crippen molar-refractivity contribution < 1.29 is 4.74 Å². The fourth-order valence-corrected chi connectivity index (χ4v) is 2.75. The Labute approximate surface area is 106 Å². The van der Waals surface area contributed by atoms with E-state index in [-0.39, 0.29) is 0 Å². The Kier molecular flexibility index (Phi) is 4.72. The first-order chi connectivity index (χ1) is 8.38. The number of hydrogen-bond donors (Lipinski definition) is 0. The molecule has 0 spiro atoms. The van der Waals surface area contributed by atoms with E-state index in [1.165, 1.54) is 11.5 Å². The van der Waals surface area contributed by atoms with Crippen LogP contribution in [0.15, 0.2) is 24.3 Å². The van der Waals surface area contributed by atoms with Gasteiger partial charge in [0.25, 0.3) is 0 Å². The van der Waals surface area contributed by atoms with Crippen LogP contribution >= 0.6 is 11.8 Å². The number of thioether (sulfide) groups is 1. The predicted octanol–water partition coefficient (Wildman–Crippen LogP) is 1.99. The minimum absolute atomic E-state index is 0.650. The van der Waals surface area contributed by atoms with Gasteiger partial charge in [0.2, 0.25) is 0 Å². The number of ether oxygens (including phenoxy) is 1. The van der Waals surface area contributed by atoms with E-state index in [1.807, 2.05) is 23.9 Å². The average molecular weight is 248 g/mol. The van der Waals surface area contributed by atoms with Crippen LogP contribution < -0.4 is 4.74 Å². The van der Waals surface area contributed by atoms with E-state index >= 15 is 0 Å². The molecular weight excluding hydrogens is 232 g/mol. The molecule has 0 atom stereocenters. The standard InChI is InChI=1S/C13H16N2OS/c14-11-12-2-1-3-13(10-12)16-7-4-15-5-8-17-9-6-15/h1-3,10H,4-9H2. The van der Waals surface area contributed by atoms with E-state index in [9.17, 15) is 0 Å². The fraction of sp³-hybridized carbons (Fsp3) is 0.462. The lowest BCUT2D eigenvalue weighted by Crippen LogP contribution is -2.35. The first-order valence-electron chi connectivity index (χ1n) is 5.81. The largest absolute Gasteiger partial charge is 0.492 e. The van der Waals surface area contributed by atoms with Crippen molar-refractivity contribution in [2.45, 2.75) is 0 Å². The van der Waals surface area contributed by atoms with Crippen molar-refractivity contribution >= 4 is 11.8 Å². The maximum absolute atomic E-state index is 8.78. The quantitative estimate of drug-likeness (QED) is 0.816. The summed E-state index contributed by atoms with van der Waals surface area (Å²) in [5.41, 5.74) is 0.650. The number of nitriles is 1. The van der Waals surface area contributed by atoms with Crippen molar-refractivity contribution in [3.63, 3.8) is 0 Å². The van der Waals surface area contributed by atoms with Crippen LogP contribution in [0.2, 0.25) is 0 Å². The lowest BCUT2D eigenvalue weighted by molar-refractivity contribution is 0.222. The molecule has 1 aliphatic heterocycles. The molecule has 90 valence electrons. The van der Waals surface area contributed by atoms with E-state index in [1.54, 1.807) is 12.1 Å².